The number of hydrogen-bond donors (Lipinski definition) is 1. The molecule has 0 radical (unpaired) electrons. The second-order valence-corrected chi connectivity index (χ2v) is 6.48. The fraction of sp³-hybridized carbons (Fsp3) is 0.529. The third kappa shape index (κ3) is 2.07. The van der Waals surface area contributed by atoms with Crippen LogP contribution in [0.3, 0.4) is 0 Å². The van der Waals surface area contributed by atoms with Gasteiger partial charge in [-0.3, -0.25) is 4.98 Å². The van der Waals surface area contributed by atoms with Crippen LogP contribution in [0.2, 0.25) is 0 Å². The smallest absolute Gasteiger partial charge is 0.136 e. The van der Waals surface area contributed by atoms with Crippen LogP contribution >= 0.6 is 0 Å². The van der Waals surface area contributed by atoms with Crippen molar-refractivity contribution in [2.75, 3.05) is 0 Å². The van der Waals surface area contributed by atoms with Crippen molar-refractivity contribution in [2.45, 2.75) is 56.3 Å². The van der Waals surface area contributed by atoms with Crippen LogP contribution in [0.4, 0.5) is 4.39 Å². The number of imidazole rings is 1. The van der Waals surface area contributed by atoms with E-state index in [0.717, 1.165) is 36.2 Å². The fourth-order valence-corrected chi connectivity index (χ4v) is 3.91. The molecule has 1 aliphatic carbocycles. The van der Waals surface area contributed by atoms with Crippen LogP contribution in [0.15, 0.2) is 30.9 Å². The van der Waals surface area contributed by atoms with Crippen molar-refractivity contribution in [3.8, 4) is 11.3 Å². The van der Waals surface area contributed by atoms with Crippen LogP contribution in [-0.2, 0) is 0 Å². The third-order valence-electron chi connectivity index (χ3n) is 5.16. The number of aromatic nitrogens is 3. The molecule has 2 atom stereocenters. The van der Waals surface area contributed by atoms with Crippen molar-refractivity contribution < 1.29 is 9.50 Å². The van der Waals surface area contributed by atoms with E-state index in [1.807, 2.05) is 16.7 Å². The number of fused-ring (bicyclic) bond motifs is 3. The second-order valence-electron chi connectivity index (χ2n) is 6.48. The fourth-order valence-electron chi connectivity index (χ4n) is 3.91. The van der Waals surface area contributed by atoms with Crippen LogP contribution < -0.4 is 0 Å². The van der Waals surface area contributed by atoms with Gasteiger partial charge in [-0.15, -0.1) is 0 Å². The predicted octanol–water partition coefficient (Wildman–Crippen LogP) is 3.27. The topological polar surface area (TPSA) is 50.9 Å². The molecule has 4 nitrogen and oxygen atoms in total. The first-order valence-corrected chi connectivity index (χ1v) is 8.03. The number of alkyl halides is 1. The molecule has 0 spiro atoms. The largest absolute Gasteiger partial charge is 0.390 e. The first-order valence-electron chi connectivity index (χ1n) is 8.03. The van der Waals surface area contributed by atoms with Gasteiger partial charge in [0, 0.05) is 18.2 Å². The summed E-state index contributed by atoms with van der Waals surface area (Å²) in [5, 5.41) is 10.5. The molecule has 22 heavy (non-hydrogen) atoms. The Bertz CT molecular complexity index is 678. The highest BCUT2D eigenvalue weighted by atomic mass is 19.1. The monoisotopic (exact) mass is 301 g/mol. The molecule has 1 aliphatic heterocycles. The zero-order valence-corrected chi connectivity index (χ0v) is 12.5. The number of halogens is 1. The van der Waals surface area contributed by atoms with E-state index in [1.54, 1.807) is 18.7 Å². The third-order valence-corrected chi connectivity index (χ3v) is 5.16. The van der Waals surface area contributed by atoms with Gasteiger partial charge in [0.25, 0.3) is 0 Å². The van der Waals surface area contributed by atoms with Crippen LogP contribution in [0.1, 0.15) is 50.3 Å². The minimum absolute atomic E-state index is 0.127. The van der Waals surface area contributed by atoms with Crippen LogP contribution in [0.25, 0.3) is 11.3 Å². The maximum Gasteiger partial charge on any atom is 0.136 e. The number of aliphatic hydroxyl groups excluding tert-OH is 1. The van der Waals surface area contributed by atoms with Crippen molar-refractivity contribution in [3.63, 3.8) is 0 Å². The zero-order chi connectivity index (χ0) is 15.2. The molecule has 1 N–H and O–H groups in total. The van der Waals surface area contributed by atoms with Gasteiger partial charge >= 0.3 is 0 Å². The summed E-state index contributed by atoms with van der Waals surface area (Å²) in [6, 6.07) is 3.78. The number of rotatable bonds is 3. The highest BCUT2D eigenvalue weighted by Gasteiger charge is 2.42. The van der Waals surface area contributed by atoms with Crippen molar-refractivity contribution in [1.29, 1.82) is 0 Å². The van der Waals surface area contributed by atoms with E-state index in [2.05, 4.69) is 9.97 Å². The summed E-state index contributed by atoms with van der Waals surface area (Å²) in [7, 11) is 0. The Morgan fingerprint density at radius 3 is 3.00 bits per heavy atom. The van der Waals surface area contributed by atoms with Crippen LogP contribution in [0, 0.1) is 0 Å². The molecule has 4 rings (SSSR count). The van der Waals surface area contributed by atoms with E-state index < -0.39 is 11.8 Å². The van der Waals surface area contributed by atoms with Gasteiger partial charge in [-0.25, -0.2) is 9.37 Å². The molecule has 1 saturated carbocycles. The van der Waals surface area contributed by atoms with Gasteiger partial charge in [0.15, 0.2) is 0 Å². The Hall–Kier alpha value is -1.75. The van der Waals surface area contributed by atoms with Gasteiger partial charge in [-0.2, -0.15) is 0 Å². The molecule has 2 aliphatic rings. The lowest BCUT2D eigenvalue weighted by molar-refractivity contribution is -0.0425. The maximum atomic E-state index is 15.0. The highest BCUT2D eigenvalue weighted by molar-refractivity contribution is 5.66. The Morgan fingerprint density at radius 1 is 1.36 bits per heavy atom. The Labute approximate surface area is 129 Å². The summed E-state index contributed by atoms with van der Waals surface area (Å²) in [5.74, 6) is 0. The molecule has 2 aromatic rings. The van der Waals surface area contributed by atoms with Gasteiger partial charge in [0.2, 0.25) is 0 Å². The first-order chi connectivity index (χ1) is 10.7. The van der Waals surface area contributed by atoms with E-state index in [-0.39, 0.29) is 6.04 Å². The van der Waals surface area contributed by atoms with E-state index in [4.69, 9.17) is 0 Å². The van der Waals surface area contributed by atoms with Crippen molar-refractivity contribution in [2.24, 2.45) is 0 Å². The van der Waals surface area contributed by atoms with Gasteiger partial charge in [0.05, 0.1) is 36.1 Å². The van der Waals surface area contributed by atoms with E-state index in [1.165, 1.54) is 0 Å². The lowest BCUT2D eigenvalue weighted by Crippen LogP contribution is -2.41. The zero-order valence-electron chi connectivity index (χ0n) is 12.5. The molecule has 5 heteroatoms. The molecular formula is C17H20FN3O. The Morgan fingerprint density at radius 2 is 2.18 bits per heavy atom. The van der Waals surface area contributed by atoms with Crippen molar-refractivity contribution in [3.05, 3.63) is 36.5 Å². The van der Waals surface area contributed by atoms with E-state index in [9.17, 15) is 5.11 Å². The summed E-state index contributed by atoms with van der Waals surface area (Å²) in [6.45, 7) is 0. The summed E-state index contributed by atoms with van der Waals surface area (Å²) in [5.41, 5.74) is 1.50. The van der Waals surface area contributed by atoms with Crippen molar-refractivity contribution in [1.82, 2.24) is 14.5 Å². The average molecular weight is 301 g/mol. The standard InChI is InChI=1S/C17H20FN3O/c18-17(6-2-1-3-7-17)15(22)9-13-16-12(5-4-8-20-16)14-10-19-11-21(13)14/h4-5,8,10-11,13,15,22H,1-3,6-7,9H2. The quantitative estimate of drug-likeness (QED) is 0.946. The lowest BCUT2D eigenvalue weighted by Gasteiger charge is -2.35. The lowest BCUT2D eigenvalue weighted by atomic mass is 9.80. The normalized spacial score (nSPS) is 23.8. The average Bonchev–Trinajstić information content (AvgIpc) is 3.11. The maximum absolute atomic E-state index is 15.0. The molecule has 1 fully saturated rings. The molecule has 0 amide bonds. The molecule has 0 aromatic carbocycles. The van der Waals surface area contributed by atoms with Crippen molar-refractivity contribution >= 4 is 0 Å². The number of pyridine rings is 1. The summed E-state index contributed by atoms with van der Waals surface area (Å²) < 4.78 is 17.0. The molecule has 0 bridgehead atoms. The molecule has 0 saturated heterocycles. The summed E-state index contributed by atoms with van der Waals surface area (Å²) in [6.07, 6.45) is 8.43. The summed E-state index contributed by atoms with van der Waals surface area (Å²) in [4.78, 5) is 8.66. The number of nitrogens with zero attached hydrogens (tertiary/aromatic N) is 3. The van der Waals surface area contributed by atoms with Gasteiger partial charge in [-0.1, -0.05) is 19.3 Å². The molecule has 2 aromatic heterocycles. The minimum atomic E-state index is -1.45. The molecule has 2 unspecified atom stereocenters. The minimum Gasteiger partial charge on any atom is -0.390 e. The second kappa shape index (κ2) is 5.16. The SMILES string of the molecule is OC(CC1c2ncccc2-c2cncn21)C1(F)CCCCC1. The molecular weight excluding hydrogens is 281 g/mol. The summed E-state index contributed by atoms with van der Waals surface area (Å²) >= 11 is 0. The van der Waals surface area contributed by atoms with Gasteiger partial charge in [0.1, 0.15) is 5.67 Å². The van der Waals surface area contributed by atoms with Gasteiger partial charge in [-0.05, 0) is 25.0 Å². The first kappa shape index (κ1) is 13.9. The number of aliphatic hydroxyl groups is 1. The number of hydrogen-bond acceptors (Lipinski definition) is 3. The Balaban J connectivity index is 1.63. The van der Waals surface area contributed by atoms with Crippen LogP contribution in [-0.4, -0.2) is 31.4 Å². The Kier molecular flexibility index (Phi) is 3.26. The van der Waals surface area contributed by atoms with E-state index >= 15 is 4.39 Å². The van der Waals surface area contributed by atoms with E-state index in [0.29, 0.717) is 19.3 Å². The molecule has 3 heterocycles. The van der Waals surface area contributed by atoms with Crippen LogP contribution in [0.5, 0.6) is 0 Å². The molecule has 116 valence electrons. The highest BCUT2D eigenvalue weighted by Crippen LogP contribution is 2.43. The predicted molar refractivity (Wildman–Crippen MR) is 81.1 cm³/mol. The van der Waals surface area contributed by atoms with Gasteiger partial charge < -0.3 is 9.67 Å².